The van der Waals surface area contributed by atoms with Gasteiger partial charge in [-0.25, -0.2) is 0 Å². The molecule has 0 saturated carbocycles. The molecule has 0 aliphatic rings. The van der Waals surface area contributed by atoms with Crippen LogP contribution in [0.25, 0.3) is 110 Å². The lowest BCUT2D eigenvalue weighted by molar-refractivity contribution is 0.670. The summed E-state index contributed by atoms with van der Waals surface area (Å²) in [5.41, 5.74) is 4.60. The van der Waals surface area contributed by atoms with Crippen LogP contribution in [0.2, 0.25) is 0 Å². The second-order valence-corrected chi connectivity index (χ2v) is 13.0. The van der Waals surface area contributed by atoms with Crippen molar-refractivity contribution >= 4 is 65.0 Å². The SMILES string of the molecule is [2H]c1c([2H])c([2H])c(-c2c3c([2H])c([2H])c([2H])c([2H])c3c(-c3ccc(-c4cccc5c4oc4cc(-c6ccc7ccccc7c6)ccc45)c4ccccc34)c3c([2H])c([2H])c([2H])c([2H])c23)c([2H])c1[2H]. The molecule has 11 rings (SSSR count). The molecule has 0 aliphatic carbocycles. The Balaban J connectivity index is 1.22. The van der Waals surface area contributed by atoms with Crippen molar-refractivity contribution in [2.75, 3.05) is 0 Å². The van der Waals surface area contributed by atoms with Crippen LogP contribution in [-0.4, -0.2) is 0 Å². The lowest BCUT2D eigenvalue weighted by Crippen LogP contribution is -1.92. The molecule has 1 nitrogen and oxygen atoms in total. The fourth-order valence-corrected chi connectivity index (χ4v) is 7.83. The van der Waals surface area contributed by atoms with E-state index in [0.29, 0.717) is 27.5 Å². The third kappa shape index (κ3) is 4.64. The van der Waals surface area contributed by atoms with Crippen LogP contribution in [0.3, 0.4) is 0 Å². The lowest BCUT2D eigenvalue weighted by Gasteiger charge is -2.19. The Morgan fingerprint density at radius 3 is 1.68 bits per heavy atom. The Hall–Kier alpha value is -6.96. The molecule has 0 saturated heterocycles. The molecular weight excluding hydrogens is 641 g/mol. The molecule has 0 radical (unpaired) electrons. The van der Waals surface area contributed by atoms with Crippen LogP contribution in [0.1, 0.15) is 17.8 Å². The Bertz CT molecular complexity index is 3880. The summed E-state index contributed by atoms with van der Waals surface area (Å²) in [5, 5.41) is 4.60. The highest BCUT2D eigenvalue weighted by molar-refractivity contribution is 6.24. The molecule has 11 aromatic rings. The van der Waals surface area contributed by atoms with Gasteiger partial charge in [-0.2, -0.15) is 0 Å². The number of furan rings is 1. The van der Waals surface area contributed by atoms with E-state index in [1.807, 2.05) is 66.7 Å². The molecule has 0 spiro atoms. The normalized spacial score (nSPS) is 15.2. The van der Waals surface area contributed by atoms with E-state index in [1.54, 1.807) is 6.07 Å². The zero-order chi connectivity index (χ0) is 46.2. The smallest absolute Gasteiger partial charge is 0.143 e. The molecule has 0 amide bonds. The van der Waals surface area contributed by atoms with Crippen molar-refractivity contribution < 1.29 is 22.2 Å². The lowest BCUT2D eigenvalue weighted by atomic mass is 9.84. The highest BCUT2D eigenvalue weighted by Gasteiger charge is 2.20. The fourth-order valence-electron chi connectivity index (χ4n) is 7.83. The quantitative estimate of drug-likeness (QED) is 0.168. The fraction of sp³-hybridized carbons (Fsp3) is 0. The Kier molecular flexibility index (Phi) is 4.36. The molecule has 0 aliphatic heterocycles. The average Bonchev–Trinajstić information content (AvgIpc) is 3.72. The second kappa shape index (κ2) is 11.8. The largest absolute Gasteiger partial charge is 0.455 e. The molecule has 0 unspecified atom stereocenters. The van der Waals surface area contributed by atoms with Crippen molar-refractivity contribution in [3.63, 3.8) is 0 Å². The standard InChI is InChI=1S/C52H32O/c1-2-14-34(15-3-1)50-42-19-8-10-21-44(42)51(45-22-11-9-20-43(45)50)46-30-29-40(38-17-6-7-18-39(38)46)47-23-12-24-48-41-28-27-37(32-49(41)53-52(47)48)36-26-25-33-13-4-5-16-35(33)31-36/h1-32H/i1D,2D,3D,8D,9D,10D,11D,14D,15D,19D,20D,21D,22D. The Labute approximate surface area is 325 Å². The van der Waals surface area contributed by atoms with Gasteiger partial charge in [-0.1, -0.05) is 176 Å². The third-order valence-corrected chi connectivity index (χ3v) is 10.2. The Morgan fingerprint density at radius 1 is 0.340 bits per heavy atom. The van der Waals surface area contributed by atoms with Gasteiger partial charge in [-0.3, -0.25) is 0 Å². The summed E-state index contributed by atoms with van der Waals surface area (Å²) in [5.74, 6) is 0. The van der Waals surface area contributed by atoms with Crippen LogP contribution < -0.4 is 0 Å². The molecule has 0 N–H and O–H groups in total. The first-order chi connectivity index (χ1) is 31.7. The zero-order valence-electron chi connectivity index (χ0n) is 40.9. The predicted octanol–water partition coefficient (Wildman–Crippen LogP) is 14.9. The van der Waals surface area contributed by atoms with E-state index in [9.17, 15) is 5.48 Å². The molecule has 53 heavy (non-hydrogen) atoms. The van der Waals surface area contributed by atoms with Gasteiger partial charge in [-0.05, 0) is 100 Å². The van der Waals surface area contributed by atoms with Crippen molar-refractivity contribution in [3.05, 3.63) is 194 Å². The molecule has 0 bridgehead atoms. The highest BCUT2D eigenvalue weighted by atomic mass is 16.3. The molecule has 0 fully saturated rings. The molecule has 0 atom stereocenters. The maximum absolute atomic E-state index is 9.44. The minimum Gasteiger partial charge on any atom is -0.455 e. The van der Waals surface area contributed by atoms with Crippen LogP contribution in [0.4, 0.5) is 0 Å². The summed E-state index contributed by atoms with van der Waals surface area (Å²) in [4.78, 5) is 0. The summed E-state index contributed by atoms with van der Waals surface area (Å²) in [6, 6.07) is 29.3. The summed E-state index contributed by atoms with van der Waals surface area (Å²) < 4.78 is 123. The van der Waals surface area contributed by atoms with Crippen LogP contribution in [-0.2, 0) is 0 Å². The van der Waals surface area contributed by atoms with Crippen molar-refractivity contribution in [1.82, 2.24) is 0 Å². The highest BCUT2D eigenvalue weighted by Crippen LogP contribution is 2.47. The summed E-state index contributed by atoms with van der Waals surface area (Å²) >= 11 is 0. The van der Waals surface area contributed by atoms with E-state index in [4.69, 9.17) is 16.8 Å². The van der Waals surface area contributed by atoms with Gasteiger partial charge in [0.2, 0.25) is 0 Å². The van der Waals surface area contributed by atoms with Gasteiger partial charge in [0.05, 0.1) is 17.8 Å². The monoisotopic (exact) mass is 685 g/mol. The minimum absolute atomic E-state index is 0.0704. The number of benzene rings is 10. The van der Waals surface area contributed by atoms with E-state index in [2.05, 4.69) is 42.5 Å². The molecule has 1 heteroatoms. The van der Waals surface area contributed by atoms with E-state index in [1.165, 1.54) is 0 Å². The number of para-hydroxylation sites is 1. The number of hydrogen-bond donors (Lipinski definition) is 0. The van der Waals surface area contributed by atoms with Gasteiger partial charge in [0.15, 0.2) is 0 Å². The van der Waals surface area contributed by atoms with Crippen molar-refractivity contribution in [1.29, 1.82) is 0 Å². The van der Waals surface area contributed by atoms with Gasteiger partial charge in [-0.15, -0.1) is 0 Å². The topological polar surface area (TPSA) is 13.1 Å². The third-order valence-electron chi connectivity index (χ3n) is 10.2. The van der Waals surface area contributed by atoms with Crippen molar-refractivity contribution in [2.24, 2.45) is 0 Å². The molecule has 1 heterocycles. The number of fused-ring (bicyclic) bond motifs is 7. The van der Waals surface area contributed by atoms with Gasteiger partial charge in [0.25, 0.3) is 0 Å². The van der Waals surface area contributed by atoms with E-state index < -0.39 is 84.1 Å². The van der Waals surface area contributed by atoms with E-state index in [0.717, 1.165) is 43.8 Å². The van der Waals surface area contributed by atoms with Crippen LogP contribution in [0.15, 0.2) is 198 Å². The first-order valence-corrected chi connectivity index (χ1v) is 17.2. The summed E-state index contributed by atoms with van der Waals surface area (Å²) in [7, 11) is 0. The maximum atomic E-state index is 9.44. The van der Waals surface area contributed by atoms with Crippen molar-refractivity contribution in [2.45, 2.75) is 0 Å². The van der Waals surface area contributed by atoms with Gasteiger partial charge in [0, 0.05) is 16.3 Å². The molecule has 1 aromatic heterocycles. The van der Waals surface area contributed by atoms with Gasteiger partial charge < -0.3 is 4.42 Å². The number of rotatable bonds is 4. The first-order valence-electron chi connectivity index (χ1n) is 23.7. The van der Waals surface area contributed by atoms with Crippen molar-refractivity contribution in [3.8, 4) is 44.5 Å². The summed E-state index contributed by atoms with van der Waals surface area (Å²) in [6.45, 7) is 0. The van der Waals surface area contributed by atoms with Gasteiger partial charge >= 0.3 is 0 Å². The van der Waals surface area contributed by atoms with Gasteiger partial charge in [0.1, 0.15) is 11.2 Å². The minimum atomic E-state index is -0.718. The molecule has 246 valence electrons. The number of hydrogen-bond acceptors (Lipinski definition) is 1. The molecular formula is C52H32O. The van der Waals surface area contributed by atoms with E-state index >= 15 is 0 Å². The average molecular weight is 686 g/mol. The Morgan fingerprint density at radius 2 is 0.925 bits per heavy atom. The zero-order valence-corrected chi connectivity index (χ0v) is 27.9. The first kappa shape index (κ1) is 19.6. The van der Waals surface area contributed by atoms with E-state index in [-0.39, 0.29) is 32.7 Å². The summed E-state index contributed by atoms with van der Waals surface area (Å²) in [6.07, 6.45) is 0. The van der Waals surface area contributed by atoms with Crippen LogP contribution in [0.5, 0.6) is 0 Å². The van der Waals surface area contributed by atoms with Crippen LogP contribution in [0, 0.1) is 0 Å². The van der Waals surface area contributed by atoms with Crippen LogP contribution >= 0.6 is 0 Å². The maximum Gasteiger partial charge on any atom is 0.143 e. The molecule has 10 aromatic carbocycles. The second-order valence-electron chi connectivity index (χ2n) is 13.0. The predicted molar refractivity (Wildman–Crippen MR) is 225 cm³/mol.